The van der Waals surface area contributed by atoms with E-state index in [9.17, 15) is 9.18 Å². The summed E-state index contributed by atoms with van der Waals surface area (Å²) < 4.78 is 13.6. The second kappa shape index (κ2) is 5.24. The third-order valence-corrected chi connectivity index (χ3v) is 3.74. The zero-order chi connectivity index (χ0) is 13.2. The van der Waals surface area contributed by atoms with Crippen molar-refractivity contribution in [1.82, 2.24) is 5.32 Å². The van der Waals surface area contributed by atoms with Crippen LogP contribution in [-0.2, 0) is 0 Å². The van der Waals surface area contributed by atoms with Gasteiger partial charge in [-0.1, -0.05) is 24.4 Å². The molecule has 0 heterocycles. The van der Waals surface area contributed by atoms with Crippen molar-refractivity contribution in [2.75, 3.05) is 6.54 Å². The highest BCUT2D eigenvalue weighted by Crippen LogP contribution is 2.29. The highest BCUT2D eigenvalue weighted by molar-refractivity contribution is 6.31. The van der Waals surface area contributed by atoms with Gasteiger partial charge in [-0.25, -0.2) is 4.39 Å². The molecule has 18 heavy (non-hydrogen) atoms. The van der Waals surface area contributed by atoms with Crippen molar-refractivity contribution in [2.24, 2.45) is 5.73 Å². The van der Waals surface area contributed by atoms with E-state index in [1.807, 2.05) is 0 Å². The summed E-state index contributed by atoms with van der Waals surface area (Å²) >= 11 is 5.77. The zero-order valence-electron chi connectivity index (χ0n) is 10.0. The molecule has 0 atom stereocenters. The summed E-state index contributed by atoms with van der Waals surface area (Å²) in [6.45, 7) is 0.376. The Morgan fingerprint density at radius 1 is 1.44 bits per heavy atom. The third-order valence-electron chi connectivity index (χ3n) is 3.50. The van der Waals surface area contributed by atoms with E-state index in [0.29, 0.717) is 11.6 Å². The highest BCUT2D eigenvalue weighted by atomic mass is 35.5. The maximum absolute atomic E-state index is 13.6. The van der Waals surface area contributed by atoms with E-state index >= 15 is 0 Å². The van der Waals surface area contributed by atoms with Gasteiger partial charge in [0, 0.05) is 11.6 Å². The minimum atomic E-state index is -0.568. The maximum atomic E-state index is 13.6. The van der Waals surface area contributed by atoms with Crippen LogP contribution in [0.1, 0.15) is 36.0 Å². The third kappa shape index (κ3) is 2.65. The summed E-state index contributed by atoms with van der Waals surface area (Å²) in [5.41, 5.74) is 5.32. The molecule has 1 fully saturated rings. The number of halogens is 2. The molecule has 1 aliphatic rings. The molecule has 0 aromatic heterocycles. The van der Waals surface area contributed by atoms with Crippen molar-refractivity contribution in [2.45, 2.75) is 31.2 Å². The van der Waals surface area contributed by atoms with Gasteiger partial charge >= 0.3 is 0 Å². The average molecular weight is 271 g/mol. The molecule has 3 N–H and O–H groups in total. The number of hydrogen-bond acceptors (Lipinski definition) is 2. The molecule has 1 aliphatic carbocycles. The fourth-order valence-corrected chi connectivity index (χ4v) is 2.58. The van der Waals surface area contributed by atoms with Gasteiger partial charge in [-0.2, -0.15) is 0 Å². The Bertz CT molecular complexity index is 458. The van der Waals surface area contributed by atoms with Crippen LogP contribution >= 0.6 is 11.6 Å². The molecule has 1 saturated carbocycles. The number of nitrogens with two attached hydrogens (primary N) is 1. The average Bonchev–Trinajstić information content (AvgIpc) is 2.81. The smallest absolute Gasteiger partial charge is 0.254 e. The molecule has 0 bridgehead atoms. The van der Waals surface area contributed by atoms with Gasteiger partial charge in [0.1, 0.15) is 5.82 Å². The van der Waals surface area contributed by atoms with E-state index in [2.05, 4.69) is 5.32 Å². The Balaban J connectivity index is 2.18. The molecule has 1 aromatic carbocycles. The Labute approximate surface area is 111 Å². The normalized spacial score (nSPS) is 17.7. The fraction of sp³-hybridized carbons (Fsp3) is 0.462. The Morgan fingerprint density at radius 3 is 2.72 bits per heavy atom. The molecule has 0 aliphatic heterocycles. The molecule has 2 rings (SSSR count). The molecule has 0 saturated heterocycles. The van der Waals surface area contributed by atoms with Crippen molar-refractivity contribution < 1.29 is 9.18 Å². The molecular formula is C13H16ClFN2O. The molecule has 98 valence electrons. The number of rotatable bonds is 3. The molecule has 3 nitrogen and oxygen atoms in total. The first-order chi connectivity index (χ1) is 8.56. The van der Waals surface area contributed by atoms with E-state index in [4.69, 9.17) is 17.3 Å². The van der Waals surface area contributed by atoms with E-state index in [0.717, 1.165) is 25.7 Å². The predicted molar refractivity (Wildman–Crippen MR) is 69.1 cm³/mol. The molecule has 0 spiro atoms. The van der Waals surface area contributed by atoms with Crippen molar-refractivity contribution >= 4 is 17.5 Å². The molecule has 1 aromatic rings. The minimum absolute atomic E-state index is 0.0257. The molecular weight excluding hydrogens is 255 g/mol. The number of nitrogens with one attached hydrogen (secondary N) is 1. The molecule has 1 amide bonds. The first-order valence-electron chi connectivity index (χ1n) is 6.04. The fourth-order valence-electron chi connectivity index (χ4n) is 2.41. The zero-order valence-corrected chi connectivity index (χ0v) is 10.8. The summed E-state index contributed by atoms with van der Waals surface area (Å²) in [6.07, 6.45) is 3.76. The Hall–Kier alpha value is -1.13. The number of carbonyl (C=O) groups is 1. The largest absolute Gasteiger partial charge is 0.345 e. The quantitative estimate of drug-likeness (QED) is 0.887. The standard InChI is InChI=1S/C13H16ClFN2O/c14-9-3-4-11(15)10(7-9)12(18)17-13(8-16)5-1-2-6-13/h3-4,7H,1-2,5-6,8,16H2,(H,17,18). The topological polar surface area (TPSA) is 55.1 Å². The monoisotopic (exact) mass is 270 g/mol. The van der Waals surface area contributed by atoms with Crippen LogP contribution in [0.2, 0.25) is 5.02 Å². The van der Waals surface area contributed by atoms with Gasteiger partial charge in [-0.05, 0) is 31.0 Å². The van der Waals surface area contributed by atoms with Crippen LogP contribution in [0.5, 0.6) is 0 Å². The second-order valence-electron chi connectivity index (χ2n) is 4.77. The number of hydrogen-bond donors (Lipinski definition) is 2. The Kier molecular flexibility index (Phi) is 3.88. The maximum Gasteiger partial charge on any atom is 0.254 e. The van der Waals surface area contributed by atoms with Crippen LogP contribution in [0.15, 0.2) is 18.2 Å². The van der Waals surface area contributed by atoms with Crippen LogP contribution in [0.3, 0.4) is 0 Å². The van der Waals surface area contributed by atoms with Crippen LogP contribution in [0.4, 0.5) is 4.39 Å². The summed E-state index contributed by atoms with van der Waals surface area (Å²) in [5, 5.41) is 3.21. The van der Waals surface area contributed by atoms with Gasteiger partial charge in [-0.3, -0.25) is 4.79 Å². The lowest BCUT2D eigenvalue weighted by atomic mass is 9.97. The Morgan fingerprint density at radius 2 is 2.11 bits per heavy atom. The van der Waals surface area contributed by atoms with Gasteiger partial charge in [0.2, 0.25) is 0 Å². The first-order valence-corrected chi connectivity index (χ1v) is 6.42. The van der Waals surface area contributed by atoms with E-state index in [1.54, 1.807) is 0 Å². The van der Waals surface area contributed by atoms with Gasteiger partial charge in [-0.15, -0.1) is 0 Å². The SMILES string of the molecule is NCC1(NC(=O)c2cc(Cl)ccc2F)CCCC1. The predicted octanol–water partition coefficient (Wildman–Crippen LogP) is 2.48. The highest BCUT2D eigenvalue weighted by Gasteiger charge is 2.34. The van der Waals surface area contributed by atoms with Gasteiger partial charge in [0.25, 0.3) is 5.91 Å². The summed E-state index contributed by atoms with van der Waals surface area (Å²) in [7, 11) is 0. The van der Waals surface area contributed by atoms with Crippen LogP contribution < -0.4 is 11.1 Å². The second-order valence-corrected chi connectivity index (χ2v) is 5.21. The van der Waals surface area contributed by atoms with Crippen molar-refractivity contribution in [1.29, 1.82) is 0 Å². The van der Waals surface area contributed by atoms with Crippen LogP contribution in [0.25, 0.3) is 0 Å². The summed E-state index contributed by atoms with van der Waals surface area (Å²) in [5.74, 6) is -1.01. The van der Waals surface area contributed by atoms with Gasteiger partial charge in [0.15, 0.2) is 0 Å². The first kappa shape index (κ1) is 13.3. The van der Waals surface area contributed by atoms with Crippen LogP contribution in [-0.4, -0.2) is 18.0 Å². The molecule has 5 heteroatoms. The van der Waals surface area contributed by atoms with Crippen molar-refractivity contribution in [3.05, 3.63) is 34.6 Å². The number of benzene rings is 1. The molecule has 0 unspecified atom stereocenters. The van der Waals surface area contributed by atoms with Crippen molar-refractivity contribution in [3.8, 4) is 0 Å². The summed E-state index contributed by atoms with van der Waals surface area (Å²) in [6, 6.07) is 3.95. The lowest BCUT2D eigenvalue weighted by molar-refractivity contribution is 0.0899. The lowest BCUT2D eigenvalue weighted by Gasteiger charge is -2.28. The van der Waals surface area contributed by atoms with Crippen molar-refractivity contribution in [3.63, 3.8) is 0 Å². The summed E-state index contributed by atoms with van der Waals surface area (Å²) in [4.78, 5) is 12.1. The molecule has 0 radical (unpaired) electrons. The van der Waals surface area contributed by atoms with Gasteiger partial charge in [0.05, 0.1) is 11.1 Å². The van der Waals surface area contributed by atoms with Gasteiger partial charge < -0.3 is 11.1 Å². The van der Waals surface area contributed by atoms with Crippen LogP contribution in [0, 0.1) is 5.82 Å². The van der Waals surface area contributed by atoms with E-state index in [-0.39, 0.29) is 11.1 Å². The lowest BCUT2D eigenvalue weighted by Crippen LogP contribution is -2.51. The minimum Gasteiger partial charge on any atom is -0.345 e. The van der Waals surface area contributed by atoms with E-state index < -0.39 is 11.7 Å². The number of carbonyl (C=O) groups excluding carboxylic acids is 1. The number of amides is 1. The van der Waals surface area contributed by atoms with E-state index in [1.165, 1.54) is 18.2 Å².